The number of rotatable bonds is 3. The molecule has 3 aliphatic rings. The summed E-state index contributed by atoms with van der Waals surface area (Å²) in [5.41, 5.74) is 0.428. The van der Waals surface area contributed by atoms with Gasteiger partial charge < -0.3 is 14.9 Å². The van der Waals surface area contributed by atoms with E-state index >= 15 is 0 Å². The van der Waals surface area contributed by atoms with Crippen LogP contribution in [0.25, 0.3) is 0 Å². The largest absolute Gasteiger partial charge is 0.391 e. The molecule has 2 aliphatic heterocycles. The summed E-state index contributed by atoms with van der Waals surface area (Å²) >= 11 is 0. The molecule has 7 heteroatoms. The lowest BCUT2D eigenvalue weighted by atomic mass is 10.1. The van der Waals surface area contributed by atoms with E-state index in [1.807, 2.05) is 11.0 Å². The average Bonchev–Trinajstić information content (AvgIpc) is 3.33. The van der Waals surface area contributed by atoms with Crippen molar-refractivity contribution >= 4 is 11.7 Å². The molecule has 0 spiro atoms. The van der Waals surface area contributed by atoms with E-state index in [1.54, 1.807) is 6.07 Å². The molecule has 25 heavy (non-hydrogen) atoms. The summed E-state index contributed by atoms with van der Waals surface area (Å²) in [6.07, 6.45) is 5.27. The standard InChI is InChI=1S/C18H27N5O2/c24-16-5-3-4-15(16)21-10-12-23(13-11-21)18(25)14-6-7-17(20-19-14)22-8-1-2-9-22/h6-7,15-16,24H,1-5,8-13H2. The Kier molecular flexibility index (Phi) is 4.85. The summed E-state index contributed by atoms with van der Waals surface area (Å²) in [6, 6.07) is 3.99. The molecule has 3 fully saturated rings. The fourth-order valence-corrected chi connectivity index (χ4v) is 4.32. The monoisotopic (exact) mass is 345 g/mol. The minimum absolute atomic E-state index is 0.0351. The van der Waals surface area contributed by atoms with Gasteiger partial charge in [0.1, 0.15) is 0 Å². The third-order valence-electron chi connectivity index (χ3n) is 5.81. The van der Waals surface area contributed by atoms with Crippen LogP contribution in [0.3, 0.4) is 0 Å². The van der Waals surface area contributed by atoms with Crippen LogP contribution in [0.15, 0.2) is 12.1 Å². The molecule has 2 unspecified atom stereocenters. The lowest BCUT2D eigenvalue weighted by molar-refractivity contribution is 0.0312. The highest BCUT2D eigenvalue weighted by molar-refractivity contribution is 5.92. The first-order valence-corrected chi connectivity index (χ1v) is 9.52. The molecule has 0 radical (unpaired) electrons. The Bertz CT molecular complexity index is 594. The van der Waals surface area contributed by atoms with Crippen LogP contribution in [0.4, 0.5) is 5.82 Å². The van der Waals surface area contributed by atoms with Gasteiger partial charge in [-0.3, -0.25) is 9.69 Å². The number of aliphatic hydroxyl groups is 1. The topological polar surface area (TPSA) is 72.8 Å². The van der Waals surface area contributed by atoms with Gasteiger partial charge in [-0.1, -0.05) is 0 Å². The van der Waals surface area contributed by atoms with E-state index in [1.165, 1.54) is 12.8 Å². The van der Waals surface area contributed by atoms with E-state index in [9.17, 15) is 9.90 Å². The van der Waals surface area contributed by atoms with Crippen LogP contribution in [0.1, 0.15) is 42.6 Å². The van der Waals surface area contributed by atoms with Gasteiger partial charge >= 0.3 is 0 Å². The van der Waals surface area contributed by atoms with Crippen molar-refractivity contribution in [1.29, 1.82) is 0 Å². The summed E-state index contributed by atoms with van der Waals surface area (Å²) in [7, 11) is 0. The number of piperazine rings is 1. The summed E-state index contributed by atoms with van der Waals surface area (Å²) in [5.74, 6) is 0.834. The lowest BCUT2D eigenvalue weighted by Crippen LogP contribution is -2.53. The number of hydrogen-bond donors (Lipinski definition) is 1. The quantitative estimate of drug-likeness (QED) is 0.871. The van der Waals surface area contributed by atoms with Crippen LogP contribution in [0.2, 0.25) is 0 Å². The van der Waals surface area contributed by atoms with E-state index in [2.05, 4.69) is 20.0 Å². The molecule has 3 heterocycles. The summed E-state index contributed by atoms with van der Waals surface area (Å²) in [5, 5.41) is 18.5. The van der Waals surface area contributed by atoms with Crippen molar-refractivity contribution in [2.24, 2.45) is 0 Å². The lowest BCUT2D eigenvalue weighted by Gasteiger charge is -2.38. The number of anilines is 1. The molecule has 0 bridgehead atoms. The number of carbonyl (C=O) groups is 1. The number of amides is 1. The van der Waals surface area contributed by atoms with Gasteiger partial charge in [-0.15, -0.1) is 10.2 Å². The average molecular weight is 345 g/mol. The summed E-state index contributed by atoms with van der Waals surface area (Å²) < 4.78 is 0. The van der Waals surface area contributed by atoms with Crippen LogP contribution >= 0.6 is 0 Å². The van der Waals surface area contributed by atoms with Crippen molar-refractivity contribution in [1.82, 2.24) is 20.0 Å². The summed E-state index contributed by atoms with van der Waals surface area (Å²) in [4.78, 5) is 19.1. The molecule has 2 saturated heterocycles. The minimum Gasteiger partial charge on any atom is -0.391 e. The van der Waals surface area contributed by atoms with Crippen molar-refractivity contribution in [3.05, 3.63) is 17.8 Å². The van der Waals surface area contributed by atoms with Crippen molar-refractivity contribution in [2.75, 3.05) is 44.2 Å². The minimum atomic E-state index is -0.203. The predicted molar refractivity (Wildman–Crippen MR) is 94.6 cm³/mol. The molecule has 1 aliphatic carbocycles. The van der Waals surface area contributed by atoms with E-state index in [4.69, 9.17) is 0 Å². The molecule has 1 amide bonds. The normalized spacial score (nSPS) is 27.9. The summed E-state index contributed by atoms with van der Waals surface area (Å²) in [6.45, 7) is 5.09. The number of carbonyl (C=O) groups excluding carboxylic acids is 1. The molecule has 1 saturated carbocycles. The van der Waals surface area contributed by atoms with E-state index < -0.39 is 0 Å². The highest BCUT2D eigenvalue weighted by Gasteiger charge is 2.33. The SMILES string of the molecule is O=C(c1ccc(N2CCCC2)nn1)N1CCN(C2CCCC2O)CC1. The van der Waals surface area contributed by atoms with E-state index in [0.717, 1.165) is 51.3 Å². The van der Waals surface area contributed by atoms with Gasteiger partial charge in [0.2, 0.25) is 0 Å². The Morgan fingerprint density at radius 2 is 1.72 bits per heavy atom. The van der Waals surface area contributed by atoms with Crippen molar-refractivity contribution < 1.29 is 9.90 Å². The number of aromatic nitrogens is 2. The van der Waals surface area contributed by atoms with Gasteiger partial charge in [0, 0.05) is 45.3 Å². The molecule has 0 aromatic carbocycles. The predicted octanol–water partition coefficient (Wildman–Crippen LogP) is 0.748. The molecule has 1 N–H and O–H groups in total. The first-order valence-electron chi connectivity index (χ1n) is 9.52. The first-order chi connectivity index (χ1) is 12.2. The van der Waals surface area contributed by atoms with E-state index in [-0.39, 0.29) is 18.1 Å². The molecule has 1 aromatic rings. The smallest absolute Gasteiger partial charge is 0.274 e. The maximum Gasteiger partial charge on any atom is 0.274 e. The van der Waals surface area contributed by atoms with Gasteiger partial charge in [0.05, 0.1) is 6.10 Å². The highest BCUT2D eigenvalue weighted by atomic mass is 16.3. The second-order valence-electron chi connectivity index (χ2n) is 7.36. The Morgan fingerprint density at radius 3 is 2.32 bits per heavy atom. The van der Waals surface area contributed by atoms with Crippen LogP contribution in [-0.2, 0) is 0 Å². The third kappa shape index (κ3) is 3.48. The Morgan fingerprint density at radius 1 is 0.960 bits per heavy atom. The third-order valence-corrected chi connectivity index (χ3v) is 5.81. The van der Waals surface area contributed by atoms with Gasteiger partial charge in [-0.2, -0.15) is 0 Å². The van der Waals surface area contributed by atoms with Crippen molar-refractivity contribution in [2.45, 2.75) is 44.2 Å². The Balaban J connectivity index is 1.34. The van der Waals surface area contributed by atoms with Crippen LogP contribution < -0.4 is 4.90 Å². The fraction of sp³-hybridized carbons (Fsp3) is 0.722. The van der Waals surface area contributed by atoms with Crippen molar-refractivity contribution in [3.8, 4) is 0 Å². The maximum atomic E-state index is 12.7. The zero-order valence-electron chi connectivity index (χ0n) is 14.7. The second-order valence-corrected chi connectivity index (χ2v) is 7.36. The van der Waals surface area contributed by atoms with Gasteiger partial charge in [-0.25, -0.2) is 0 Å². The first kappa shape index (κ1) is 16.7. The van der Waals surface area contributed by atoms with Gasteiger partial charge in [-0.05, 0) is 44.2 Å². The van der Waals surface area contributed by atoms with Crippen molar-refractivity contribution in [3.63, 3.8) is 0 Å². The molecular formula is C18H27N5O2. The van der Waals surface area contributed by atoms with Crippen LogP contribution in [0.5, 0.6) is 0 Å². The fourth-order valence-electron chi connectivity index (χ4n) is 4.32. The number of nitrogens with zero attached hydrogens (tertiary/aromatic N) is 5. The highest BCUT2D eigenvalue weighted by Crippen LogP contribution is 2.25. The van der Waals surface area contributed by atoms with Crippen LogP contribution in [-0.4, -0.2) is 82.4 Å². The Labute approximate surface area is 148 Å². The molecule has 2 atom stereocenters. The maximum absolute atomic E-state index is 12.7. The zero-order chi connectivity index (χ0) is 17.2. The molecule has 136 valence electrons. The zero-order valence-corrected chi connectivity index (χ0v) is 14.7. The molecular weight excluding hydrogens is 318 g/mol. The molecule has 1 aromatic heterocycles. The number of hydrogen-bond acceptors (Lipinski definition) is 6. The number of aliphatic hydroxyl groups excluding tert-OH is 1. The Hall–Kier alpha value is -1.73. The van der Waals surface area contributed by atoms with Gasteiger partial charge in [0.15, 0.2) is 11.5 Å². The van der Waals surface area contributed by atoms with Crippen LogP contribution in [0, 0.1) is 0 Å². The molecule has 7 nitrogen and oxygen atoms in total. The second kappa shape index (κ2) is 7.25. The van der Waals surface area contributed by atoms with E-state index in [0.29, 0.717) is 18.8 Å². The molecule has 4 rings (SSSR count). The van der Waals surface area contributed by atoms with Gasteiger partial charge in [0.25, 0.3) is 5.91 Å².